The number of nitrogens with zero attached hydrogens (tertiary/aromatic N) is 1. The number of amides is 1. The van der Waals surface area contributed by atoms with Crippen molar-refractivity contribution < 1.29 is 23.9 Å². The molecule has 32 heavy (non-hydrogen) atoms. The van der Waals surface area contributed by atoms with Crippen molar-refractivity contribution in [3.05, 3.63) is 65.7 Å². The Balaban J connectivity index is 1.64. The number of benzene rings is 2. The van der Waals surface area contributed by atoms with Gasteiger partial charge in [-0.3, -0.25) is 9.74 Å². The molecule has 3 rings (SSSR count). The first-order valence-corrected chi connectivity index (χ1v) is 10.9. The van der Waals surface area contributed by atoms with Gasteiger partial charge < -0.3 is 9.47 Å². The van der Waals surface area contributed by atoms with E-state index < -0.39 is 23.7 Å². The quantitative estimate of drug-likeness (QED) is 0.408. The van der Waals surface area contributed by atoms with E-state index in [4.69, 9.17) is 14.3 Å². The first-order chi connectivity index (χ1) is 15.2. The molecule has 1 amide bonds. The van der Waals surface area contributed by atoms with Crippen LogP contribution in [0.25, 0.3) is 0 Å². The summed E-state index contributed by atoms with van der Waals surface area (Å²) in [6, 6.07) is 16.2. The maximum atomic E-state index is 12.9. The van der Waals surface area contributed by atoms with Crippen molar-refractivity contribution in [3.8, 4) is 5.75 Å². The Bertz CT molecular complexity index is 893. The highest BCUT2D eigenvalue weighted by molar-refractivity contribution is 5.83. The molecule has 1 saturated heterocycles. The van der Waals surface area contributed by atoms with E-state index in [9.17, 15) is 9.59 Å². The zero-order valence-corrected chi connectivity index (χ0v) is 19.2. The van der Waals surface area contributed by atoms with Gasteiger partial charge in [-0.05, 0) is 58.2 Å². The lowest BCUT2D eigenvalue weighted by Crippen LogP contribution is -2.57. The Morgan fingerprint density at radius 3 is 2.38 bits per heavy atom. The summed E-state index contributed by atoms with van der Waals surface area (Å²) < 4.78 is 11.1. The number of aryl methyl sites for hydroxylation is 1. The highest BCUT2D eigenvalue weighted by Gasteiger charge is 2.39. The number of piperidine rings is 1. The van der Waals surface area contributed by atoms with Gasteiger partial charge >= 0.3 is 12.1 Å². The maximum Gasteiger partial charge on any atom is 0.411 e. The summed E-state index contributed by atoms with van der Waals surface area (Å²) in [4.78, 5) is 32.9. The van der Waals surface area contributed by atoms with Crippen LogP contribution in [-0.2, 0) is 21.0 Å². The van der Waals surface area contributed by atoms with Gasteiger partial charge in [-0.25, -0.2) is 9.59 Å². The van der Waals surface area contributed by atoms with Crippen molar-refractivity contribution in [1.82, 2.24) is 10.4 Å². The number of hydrogen-bond acceptors (Lipinski definition) is 6. The van der Waals surface area contributed by atoms with E-state index >= 15 is 0 Å². The zero-order chi connectivity index (χ0) is 23.1. The molecule has 0 aliphatic carbocycles. The Kier molecular flexibility index (Phi) is 7.88. The van der Waals surface area contributed by atoms with Gasteiger partial charge in [-0.1, -0.05) is 48.0 Å². The van der Waals surface area contributed by atoms with Gasteiger partial charge in [0.05, 0.1) is 12.6 Å². The molecule has 1 N–H and O–H groups in total. The maximum absolute atomic E-state index is 12.9. The average Bonchev–Trinajstić information content (AvgIpc) is 2.75. The van der Waals surface area contributed by atoms with E-state index in [1.807, 2.05) is 49.4 Å². The van der Waals surface area contributed by atoms with Crippen LogP contribution in [0.15, 0.2) is 54.6 Å². The highest BCUT2D eigenvalue weighted by atomic mass is 16.6. The highest BCUT2D eigenvalue weighted by Crippen LogP contribution is 2.23. The monoisotopic (exact) mass is 440 g/mol. The third-order valence-electron chi connectivity index (χ3n) is 5.05. The number of hydroxylamine groups is 1. The van der Waals surface area contributed by atoms with Crippen LogP contribution in [0.4, 0.5) is 4.79 Å². The number of carbonyl (C=O) groups is 2. The molecule has 7 nitrogen and oxygen atoms in total. The number of ether oxygens (including phenoxy) is 2. The Morgan fingerprint density at radius 1 is 1.03 bits per heavy atom. The minimum atomic E-state index is -0.724. The number of carbonyl (C=O) groups excluding carboxylic acids is 2. The fourth-order valence-corrected chi connectivity index (χ4v) is 3.44. The third-order valence-corrected chi connectivity index (χ3v) is 5.05. The van der Waals surface area contributed by atoms with E-state index in [0.29, 0.717) is 25.2 Å². The van der Waals surface area contributed by atoms with Crippen LogP contribution in [0.3, 0.4) is 0 Å². The summed E-state index contributed by atoms with van der Waals surface area (Å²) in [5.41, 5.74) is 4.47. The molecule has 0 radical (unpaired) electrons. The lowest BCUT2D eigenvalue weighted by molar-refractivity contribution is -0.142. The second-order valence-electron chi connectivity index (χ2n) is 9.05. The molecule has 1 aliphatic heterocycles. The standard InChI is InChI=1S/C25H32N2O5/c1-18-10-13-21(14-11-18)31-23(28)22-15-12-20(16-27(22)24(29)32-25(2,3)4)26-30-17-19-8-6-5-7-9-19/h5-11,13-14,20,22,26H,12,15-17H2,1-4H3/t20-,22+/m1/s1. The second kappa shape index (κ2) is 10.6. The van der Waals surface area contributed by atoms with E-state index in [-0.39, 0.29) is 12.6 Å². The van der Waals surface area contributed by atoms with Crippen LogP contribution < -0.4 is 10.2 Å². The Hall–Kier alpha value is -2.90. The largest absolute Gasteiger partial charge is 0.444 e. The molecule has 1 fully saturated rings. The molecule has 7 heteroatoms. The SMILES string of the molecule is Cc1ccc(OC(=O)[C@@H]2CC[C@@H](NOCc3ccccc3)CN2C(=O)OC(C)(C)C)cc1. The lowest BCUT2D eigenvalue weighted by atomic mass is 9.99. The molecular weight excluding hydrogens is 408 g/mol. The van der Waals surface area contributed by atoms with Crippen LogP contribution in [0.2, 0.25) is 0 Å². The molecule has 0 bridgehead atoms. The fourth-order valence-electron chi connectivity index (χ4n) is 3.44. The van der Waals surface area contributed by atoms with Gasteiger partial charge in [0.15, 0.2) is 0 Å². The Labute approximate surface area is 189 Å². The van der Waals surface area contributed by atoms with Crippen molar-refractivity contribution in [2.75, 3.05) is 6.54 Å². The predicted molar refractivity (Wildman–Crippen MR) is 121 cm³/mol. The topological polar surface area (TPSA) is 77.1 Å². The molecule has 0 unspecified atom stereocenters. The van der Waals surface area contributed by atoms with E-state index in [2.05, 4.69) is 5.48 Å². The smallest absolute Gasteiger partial charge is 0.411 e. The first-order valence-electron chi connectivity index (χ1n) is 10.9. The fraction of sp³-hybridized carbons (Fsp3) is 0.440. The van der Waals surface area contributed by atoms with Gasteiger partial charge in [0.25, 0.3) is 0 Å². The number of esters is 1. The van der Waals surface area contributed by atoms with E-state index in [1.54, 1.807) is 32.9 Å². The van der Waals surface area contributed by atoms with Crippen LogP contribution in [-0.4, -0.2) is 41.2 Å². The molecule has 2 atom stereocenters. The Morgan fingerprint density at radius 2 is 1.72 bits per heavy atom. The van der Waals surface area contributed by atoms with Crippen LogP contribution in [0.5, 0.6) is 5.75 Å². The number of nitrogens with one attached hydrogen (secondary N) is 1. The predicted octanol–water partition coefficient (Wildman–Crippen LogP) is 4.39. The summed E-state index contributed by atoms with van der Waals surface area (Å²) in [5.74, 6) is -0.0143. The van der Waals surface area contributed by atoms with Gasteiger partial charge in [0.1, 0.15) is 17.4 Å². The van der Waals surface area contributed by atoms with E-state index in [1.165, 1.54) is 4.90 Å². The van der Waals surface area contributed by atoms with Crippen LogP contribution >= 0.6 is 0 Å². The number of hydrogen-bond donors (Lipinski definition) is 1. The third kappa shape index (κ3) is 7.07. The molecule has 1 heterocycles. The molecule has 172 valence electrons. The molecule has 1 aliphatic rings. The van der Waals surface area contributed by atoms with Crippen molar-refractivity contribution in [2.24, 2.45) is 0 Å². The van der Waals surface area contributed by atoms with Gasteiger partial charge in [0, 0.05) is 6.54 Å². The van der Waals surface area contributed by atoms with Crippen molar-refractivity contribution >= 4 is 12.1 Å². The van der Waals surface area contributed by atoms with Gasteiger partial charge in [-0.2, -0.15) is 5.48 Å². The summed E-state index contributed by atoms with van der Waals surface area (Å²) in [5, 5.41) is 0. The van der Waals surface area contributed by atoms with Crippen molar-refractivity contribution in [1.29, 1.82) is 0 Å². The zero-order valence-electron chi connectivity index (χ0n) is 19.2. The number of likely N-dealkylation sites (tertiary alicyclic amines) is 1. The van der Waals surface area contributed by atoms with Gasteiger partial charge in [-0.15, -0.1) is 0 Å². The summed E-state index contributed by atoms with van der Waals surface area (Å²) in [6.07, 6.45) is 0.552. The van der Waals surface area contributed by atoms with Gasteiger partial charge in [0.2, 0.25) is 0 Å². The normalized spacial score (nSPS) is 18.8. The molecule has 0 aromatic heterocycles. The molecular formula is C25H32N2O5. The van der Waals surface area contributed by atoms with Crippen LogP contribution in [0, 0.1) is 6.92 Å². The van der Waals surface area contributed by atoms with E-state index in [0.717, 1.165) is 11.1 Å². The minimum Gasteiger partial charge on any atom is -0.444 e. The molecule has 2 aromatic carbocycles. The summed E-state index contributed by atoms with van der Waals surface area (Å²) >= 11 is 0. The minimum absolute atomic E-state index is 0.130. The number of rotatable bonds is 6. The lowest BCUT2D eigenvalue weighted by Gasteiger charge is -2.38. The van der Waals surface area contributed by atoms with Crippen LogP contribution in [0.1, 0.15) is 44.7 Å². The summed E-state index contributed by atoms with van der Waals surface area (Å²) in [6.45, 7) is 8.04. The van der Waals surface area contributed by atoms with Crippen molar-refractivity contribution in [2.45, 2.75) is 64.8 Å². The molecule has 2 aromatic rings. The molecule has 0 saturated carbocycles. The summed E-state index contributed by atoms with van der Waals surface area (Å²) in [7, 11) is 0. The second-order valence-corrected chi connectivity index (χ2v) is 9.05. The first kappa shape index (κ1) is 23.8. The average molecular weight is 441 g/mol. The van der Waals surface area contributed by atoms with Crippen molar-refractivity contribution in [3.63, 3.8) is 0 Å². The molecule has 0 spiro atoms.